The lowest BCUT2D eigenvalue weighted by Crippen LogP contribution is -2.31. The second kappa shape index (κ2) is 10.9. The molecule has 0 fully saturated rings. The van der Waals surface area contributed by atoms with Gasteiger partial charge in [0, 0.05) is 24.9 Å². The number of aromatic amines is 1. The summed E-state index contributed by atoms with van der Waals surface area (Å²) < 4.78 is 5.31. The van der Waals surface area contributed by atoms with Crippen LogP contribution in [0.15, 0.2) is 36.4 Å². The highest BCUT2D eigenvalue weighted by Crippen LogP contribution is 2.28. The van der Waals surface area contributed by atoms with E-state index in [0.717, 1.165) is 29.4 Å². The smallest absolute Gasteiger partial charge is 0.255 e. The van der Waals surface area contributed by atoms with Gasteiger partial charge in [-0.2, -0.15) is 0 Å². The molecular formula is C26H30ClN5O3. The van der Waals surface area contributed by atoms with Gasteiger partial charge < -0.3 is 25.3 Å². The number of aromatic nitrogens is 2. The number of alkyl halides is 1. The van der Waals surface area contributed by atoms with E-state index in [9.17, 15) is 9.59 Å². The molecular weight excluding hydrogens is 466 g/mol. The van der Waals surface area contributed by atoms with Gasteiger partial charge in [0.15, 0.2) is 0 Å². The quantitative estimate of drug-likeness (QED) is 0.201. The minimum Gasteiger partial charge on any atom is -0.497 e. The number of nitrogens with one attached hydrogen (secondary N) is 3. The van der Waals surface area contributed by atoms with Crippen molar-refractivity contribution in [2.75, 3.05) is 19.5 Å². The van der Waals surface area contributed by atoms with Crippen molar-refractivity contribution in [2.24, 2.45) is 0 Å². The van der Waals surface area contributed by atoms with E-state index >= 15 is 0 Å². The largest absolute Gasteiger partial charge is 0.497 e. The second-order valence-electron chi connectivity index (χ2n) is 8.67. The molecule has 9 heteroatoms. The molecule has 35 heavy (non-hydrogen) atoms. The molecule has 184 valence electrons. The summed E-state index contributed by atoms with van der Waals surface area (Å²) in [7, 11) is 1.61. The van der Waals surface area contributed by atoms with Gasteiger partial charge in [-0.1, -0.05) is 18.6 Å². The number of halogens is 1. The van der Waals surface area contributed by atoms with Crippen molar-refractivity contribution in [3.05, 3.63) is 58.9 Å². The Bertz CT molecular complexity index is 1260. The number of unbranched alkanes of at least 4 members (excludes halogenated alkanes) is 1. The van der Waals surface area contributed by atoms with Gasteiger partial charge in [0.05, 0.1) is 41.2 Å². The zero-order chi connectivity index (χ0) is 24.9. The molecule has 0 saturated carbocycles. The van der Waals surface area contributed by atoms with Crippen molar-refractivity contribution in [2.45, 2.75) is 45.2 Å². The number of carbonyl (C=O) groups excluding carboxylic acids is 2. The molecule has 0 radical (unpaired) electrons. The van der Waals surface area contributed by atoms with Gasteiger partial charge in [-0.25, -0.2) is 4.98 Å². The SMILES string of the molecule is CCN1Cc2cccc(C(=O)N[C@@H](CCCCC(=N)CCl)c3nc4ccc(OC)cc4[nH]3)c2C1=O. The molecule has 1 aliphatic rings. The average molecular weight is 496 g/mol. The fourth-order valence-corrected chi connectivity index (χ4v) is 4.57. The fourth-order valence-electron chi connectivity index (χ4n) is 4.43. The van der Waals surface area contributed by atoms with Gasteiger partial charge in [-0.05, 0) is 49.9 Å². The van der Waals surface area contributed by atoms with Gasteiger partial charge >= 0.3 is 0 Å². The predicted octanol–water partition coefficient (Wildman–Crippen LogP) is 4.84. The summed E-state index contributed by atoms with van der Waals surface area (Å²) in [5.41, 5.74) is 3.83. The number of hydrogen-bond donors (Lipinski definition) is 3. The Morgan fingerprint density at radius 1 is 1.31 bits per heavy atom. The maximum atomic E-state index is 13.4. The lowest BCUT2D eigenvalue weighted by atomic mass is 10.0. The highest BCUT2D eigenvalue weighted by Gasteiger charge is 2.31. The van der Waals surface area contributed by atoms with Crippen LogP contribution in [-0.4, -0.2) is 51.9 Å². The first-order chi connectivity index (χ1) is 16.9. The van der Waals surface area contributed by atoms with E-state index in [-0.39, 0.29) is 23.7 Å². The number of amides is 2. The molecule has 1 atom stereocenters. The zero-order valence-electron chi connectivity index (χ0n) is 20.0. The number of fused-ring (bicyclic) bond motifs is 2. The van der Waals surface area contributed by atoms with E-state index in [4.69, 9.17) is 26.7 Å². The first-order valence-electron chi connectivity index (χ1n) is 11.8. The van der Waals surface area contributed by atoms with Crippen LogP contribution in [0.2, 0.25) is 0 Å². The number of imidazole rings is 1. The molecule has 0 spiro atoms. The summed E-state index contributed by atoms with van der Waals surface area (Å²) in [5, 5.41) is 10.9. The minimum atomic E-state index is -0.388. The lowest BCUT2D eigenvalue weighted by Gasteiger charge is -2.18. The molecule has 3 aromatic rings. The van der Waals surface area contributed by atoms with Crippen LogP contribution in [0.5, 0.6) is 5.75 Å². The van der Waals surface area contributed by atoms with Gasteiger partial charge in [0.1, 0.15) is 11.6 Å². The standard InChI is InChI=1S/C26H30ClN5O3/c1-3-32-15-16-7-6-9-19(23(16)26(32)34)25(33)31-21(10-5-4-8-17(28)14-27)24-29-20-12-11-18(35-2)13-22(20)30-24/h6-7,9,11-13,21,28H,3-5,8,10,14-15H2,1-2H3,(H,29,30)(H,31,33)/t21-/m0/s1. The predicted molar refractivity (Wildman–Crippen MR) is 137 cm³/mol. The molecule has 8 nitrogen and oxygen atoms in total. The van der Waals surface area contributed by atoms with Crippen LogP contribution in [0, 0.1) is 5.41 Å². The van der Waals surface area contributed by atoms with E-state index in [0.29, 0.717) is 54.3 Å². The Kier molecular flexibility index (Phi) is 7.70. The van der Waals surface area contributed by atoms with E-state index in [2.05, 4.69) is 10.3 Å². The van der Waals surface area contributed by atoms with E-state index in [1.807, 2.05) is 37.3 Å². The Labute approximate surface area is 209 Å². The number of carbonyl (C=O) groups is 2. The van der Waals surface area contributed by atoms with E-state index in [1.54, 1.807) is 18.1 Å². The van der Waals surface area contributed by atoms with Crippen molar-refractivity contribution in [3.8, 4) is 5.75 Å². The summed E-state index contributed by atoms with van der Waals surface area (Å²) >= 11 is 5.74. The Hall–Kier alpha value is -3.39. The van der Waals surface area contributed by atoms with Crippen molar-refractivity contribution in [3.63, 3.8) is 0 Å². The number of rotatable bonds is 11. The highest BCUT2D eigenvalue weighted by molar-refractivity contribution is 6.28. The van der Waals surface area contributed by atoms with Crippen LogP contribution < -0.4 is 10.1 Å². The molecule has 1 aliphatic heterocycles. The summed E-state index contributed by atoms with van der Waals surface area (Å²) in [4.78, 5) is 36.1. The zero-order valence-corrected chi connectivity index (χ0v) is 20.7. The van der Waals surface area contributed by atoms with Crippen LogP contribution in [0.3, 0.4) is 0 Å². The number of benzene rings is 2. The van der Waals surface area contributed by atoms with E-state index in [1.165, 1.54) is 0 Å². The van der Waals surface area contributed by atoms with Crippen molar-refractivity contribution in [1.29, 1.82) is 5.41 Å². The third kappa shape index (κ3) is 5.32. The molecule has 4 rings (SSSR count). The normalized spacial score (nSPS) is 13.7. The topological polar surface area (TPSA) is 111 Å². The van der Waals surface area contributed by atoms with Crippen LogP contribution >= 0.6 is 11.6 Å². The third-order valence-electron chi connectivity index (χ3n) is 6.36. The number of ether oxygens (including phenoxy) is 1. The molecule has 2 aromatic carbocycles. The van der Waals surface area contributed by atoms with Gasteiger partial charge in [0.2, 0.25) is 0 Å². The molecule has 3 N–H and O–H groups in total. The number of hydrogen-bond acceptors (Lipinski definition) is 5. The van der Waals surface area contributed by atoms with Crippen LogP contribution in [-0.2, 0) is 6.54 Å². The molecule has 1 aromatic heterocycles. The van der Waals surface area contributed by atoms with Gasteiger partial charge in [-0.15, -0.1) is 11.6 Å². The monoisotopic (exact) mass is 495 g/mol. The fraction of sp³-hybridized carbons (Fsp3) is 0.385. The molecule has 0 saturated heterocycles. The second-order valence-corrected chi connectivity index (χ2v) is 8.94. The number of nitrogens with zero attached hydrogens (tertiary/aromatic N) is 2. The average Bonchev–Trinajstić information content (AvgIpc) is 3.45. The number of H-pyrrole nitrogens is 1. The summed E-state index contributed by atoms with van der Waals surface area (Å²) in [6.07, 6.45) is 2.81. The van der Waals surface area contributed by atoms with Crippen LogP contribution in [0.25, 0.3) is 11.0 Å². The van der Waals surface area contributed by atoms with Crippen molar-refractivity contribution < 1.29 is 14.3 Å². The Balaban J connectivity index is 1.59. The highest BCUT2D eigenvalue weighted by atomic mass is 35.5. The van der Waals surface area contributed by atoms with Crippen LogP contribution in [0.1, 0.15) is 70.8 Å². The lowest BCUT2D eigenvalue weighted by molar-refractivity contribution is 0.0780. The maximum Gasteiger partial charge on any atom is 0.255 e. The van der Waals surface area contributed by atoms with Crippen molar-refractivity contribution in [1.82, 2.24) is 20.2 Å². The minimum absolute atomic E-state index is 0.111. The van der Waals surface area contributed by atoms with Crippen molar-refractivity contribution >= 4 is 40.2 Å². The molecule has 2 heterocycles. The van der Waals surface area contributed by atoms with Gasteiger partial charge in [0.25, 0.3) is 11.8 Å². The molecule has 0 unspecified atom stereocenters. The number of methoxy groups -OCH3 is 1. The third-order valence-corrected chi connectivity index (χ3v) is 6.69. The first-order valence-corrected chi connectivity index (χ1v) is 12.4. The van der Waals surface area contributed by atoms with E-state index < -0.39 is 0 Å². The molecule has 2 amide bonds. The Morgan fingerprint density at radius 2 is 2.14 bits per heavy atom. The first kappa shape index (κ1) is 24.7. The Morgan fingerprint density at radius 3 is 2.89 bits per heavy atom. The summed E-state index contributed by atoms with van der Waals surface area (Å²) in [5.74, 6) is 1.17. The molecule has 0 aliphatic carbocycles. The van der Waals surface area contributed by atoms with Gasteiger partial charge in [-0.3, -0.25) is 9.59 Å². The van der Waals surface area contributed by atoms with Crippen LogP contribution in [0.4, 0.5) is 0 Å². The summed E-state index contributed by atoms with van der Waals surface area (Å²) in [6, 6.07) is 10.6. The maximum absolute atomic E-state index is 13.4. The molecule has 0 bridgehead atoms. The summed E-state index contributed by atoms with van der Waals surface area (Å²) in [6.45, 7) is 3.05.